The topological polar surface area (TPSA) is 78.7 Å². The van der Waals surface area contributed by atoms with E-state index in [1.165, 1.54) is 12.1 Å². The Balaban J connectivity index is 1.74. The molecule has 0 spiro atoms. The maximum Gasteiger partial charge on any atom is 0.225 e. The van der Waals surface area contributed by atoms with Gasteiger partial charge >= 0.3 is 0 Å². The number of nitriles is 1. The molecular formula is C26H31FN4O3. The van der Waals surface area contributed by atoms with Gasteiger partial charge in [-0.05, 0) is 37.5 Å². The lowest BCUT2D eigenvalue weighted by Gasteiger charge is -2.41. The largest absolute Gasteiger partial charge is 0.384 e. The molecule has 180 valence electrons. The van der Waals surface area contributed by atoms with Crippen LogP contribution < -0.4 is 4.90 Å². The number of pyridine rings is 1. The summed E-state index contributed by atoms with van der Waals surface area (Å²) in [7, 11) is 3.20. The second kappa shape index (κ2) is 10.5. The summed E-state index contributed by atoms with van der Waals surface area (Å²) in [6, 6.07) is 8.71. The van der Waals surface area contributed by atoms with Crippen molar-refractivity contribution in [3.8, 4) is 17.2 Å². The summed E-state index contributed by atoms with van der Waals surface area (Å²) >= 11 is 0. The molecule has 7 nitrogen and oxygen atoms in total. The fourth-order valence-corrected chi connectivity index (χ4v) is 4.72. The van der Waals surface area contributed by atoms with Crippen LogP contribution in [0, 0.1) is 17.1 Å². The van der Waals surface area contributed by atoms with E-state index >= 15 is 0 Å². The van der Waals surface area contributed by atoms with Crippen molar-refractivity contribution in [2.45, 2.75) is 44.8 Å². The first-order valence-electron chi connectivity index (χ1n) is 11.7. The zero-order valence-electron chi connectivity index (χ0n) is 20.0. The molecule has 1 aromatic heterocycles. The standard InChI is InChI=1S/C26H31FN4O3/c1-17-15-30(11-12-31(17)23(32)10-13-33-2)26-21(14-28)22(16-34-3)24(25(29-26)19-4-5-19)18-6-8-20(27)9-7-18/h6-9,17,19H,4-5,10-13,15-16H2,1-3H3/t17-/m1/s1. The number of hydrogen-bond donors (Lipinski definition) is 0. The molecule has 1 aliphatic heterocycles. The van der Waals surface area contributed by atoms with Gasteiger partial charge in [0.15, 0.2) is 0 Å². The molecule has 0 radical (unpaired) electrons. The van der Waals surface area contributed by atoms with Crippen LogP contribution in [0.2, 0.25) is 0 Å². The SMILES string of the molecule is COCCC(=O)N1CCN(c2nc(C3CC3)c(-c3ccc(F)cc3)c(COC)c2C#N)C[C@H]1C. The molecule has 1 aliphatic carbocycles. The number of amides is 1. The van der Waals surface area contributed by atoms with E-state index in [1.807, 2.05) is 11.8 Å². The van der Waals surface area contributed by atoms with Gasteiger partial charge in [0.1, 0.15) is 23.3 Å². The number of benzene rings is 1. The van der Waals surface area contributed by atoms with Crippen molar-refractivity contribution in [3.63, 3.8) is 0 Å². The number of halogens is 1. The van der Waals surface area contributed by atoms with E-state index in [-0.39, 0.29) is 24.4 Å². The third-order valence-electron chi connectivity index (χ3n) is 6.57. The van der Waals surface area contributed by atoms with Gasteiger partial charge in [0.2, 0.25) is 5.91 Å². The molecule has 34 heavy (non-hydrogen) atoms. The summed E-state index contributed by atoms with van der Waals surface area (Å²) in [6.45, 7) is 4.43. The first kappa shape index (κ1) is 24.1. The van der Waals surface area contributed by atoms with Gasteiger partial charge in [-0.25, -0.2) is 9.37 Å². The quantitative estimate of drug-likeness (QED) is 0.588. The van der Waals surface area contributed by atoms with Crippen molar-refractivity contribution >= 4 is 11.7 Å². The predicted octanol–water partition coefficient (Wildman–Crippen LogP) is 3.86. The van der Waals surface area contributed by atoms with Gasteiger partial charge < -0.3 is 19.3 Å². The second-order valence-electron chi connectivity index (χ2n) is 9.00. The minimum Gasteiger partial charge on any atom is -0.384 e. The van der Waals surface area contributed by atoms with Crippen LogP contribution in [0.5, 0.6) is 0 Å². The third kappa shape index (κ3) is 4.91. The minimum absolute atomic E-state index is 0.0153. The monoisotopic (exact) mass is 466 g/mol. The average molecular weight is 467 g/mol. The second-order valence-corrected chi connectivity index (χ2v) is 9.00. The fraction of sp³-hybridized carbons (Fsp3) is 0.500. The maximum atomic E-state index is 13.6. The van der Waals surface area contributed by atoms with Crippen molar-refractivity contribution in [1.82, 2.24) is 9.88 Å². The van der Waals surface area contributed by atoms with Gasteiger partial charge in [0, 0.05) is 56.9 Å². The Bertz CT molecular complexity index is 1080. The molecule has 2 aromatic rings. The third-order valence-corrected chi connectivity index (χ3v) is 6.57. The van der Waals surface area contributed by atoms with Crippen LogP contribution in [0.3, 0.4) is 0 Å². The normalized spacial score (nSPS) is 18.1. The Morgan fingerprint density at radius 3 is 2.53 bits per heavy atom. The Morgan fingerprint density at radius 1 is 1.21 bits per heavy atom. The van der Waals surface area contributed by atoms with Crippen molar-refractivity contribution in [2.24, 2.45) is 0 Å². The van der Waals surface area contributed by atoms with E-state index in [1.54, 1.807) is 26.4 Å². The van der Waals surface area contributed by atoms with E-state index in [4.69, 9.17) is 14.5 Å². The number of carbonyl (C=O) groups excluding carboxylic acids is 1. The van der Waals surface area contributed by atoms with E-state index in [0.29, 0.717) is 50.0 Å². The number of nitrogens with zero attached hydrogens (tertiary/aromatic N) is 4. The lowest BCUT2D eigenvalue weighted by Crippen LogP contribution is -2.54. The smallest absolute Gasteiger partial charge is 0.225 e. The minimum atomic E-state index is -0.304. The molecule has 1 saturated heterocycles. The highest BCUT2D eigenvalue weighted by molar-refractivity contribution is 5.79. The lowest BCUT2D eigenvalue weighted by atomic mass is 9.92. The van der Waals surface area contributed by atoms with Crippen molar-refractivity contribution in [1.29, 1.82) is 5.26 Å². The van der Waals surface area contributed by atoms with Crippen molar-refractivity contribution in [2.75, 3.05) is 45.4 Å². The van der Waals surface area contributed by atoms with Crippen LogP contribution in [0.15, 0.2) is 24.3 Å². The average Bonchev–Trinajstić information content (AvgIpc) is 3.68. The summed E-state index contributed by atoms with van der Waals surface area (Å²) < 4.78 is 24.2. The Labute approximate surface area is 200 Å². The van der Waals surface area contributed by atoms with Crippen LogP contribution >= 0.6 is 0 Å². The van der Waals surface area contributed by atoms with Gasteiger partial charge in [-0.15, -0.1) is 0 Å². The van der Waals surface area contributed by atoms with Crippen LogP contribution in [-0.2, 0) is 20.9 Å². The molecule has 0 N–H and O–H groups in total. The van der Waals surface area contributed by atoms with Gasteiger partial charge in [0.25, 0.3) is 0 Å². The Kier molecular flexibility index (Phi) is 7.44. The summed E-state index contributed by atoms with van der Waals surface area (Å²) in [5.41, 5.74) is 3.93. The number of rotatable bonds is 8. The number of aromatic nitrogens is 1. The molecule has 8 heteroatoms. The van der Waals surface area contributed by atoms with Gasteiger partial charge in [-0.2, -0.15) is 5.26 Å². The van der Waals surface area contributed by atoms with E-state index in [0.717, 1.165) is 35.2 Å². The summed E-state index contributed by atoms with van der Waals surface area (Å²) in [5, 5.41) is 10.2. The first-order chi connectivity index (χ1) is 16.5. The molecular weight excluding hydrogens is 435 g/mol. The van der Waals surface area contributed by atoms with E-state index in [9.17, 15) is 14.4 Å². The number of methoxy groups -OCH3 is 2. The number of ether oxygens (including phenoxy) is 2. The van der Waals surface area contributed by atoms with Gasteiger partial charge in [-0.3, -0.25) is 4.79 Å². The van der Waals surface area contributed by atoms with Gasteiger partial charge in [0.05, 0.1) is 25.3 Å². The molecule has 0 unspecified atom stereocenters. The number of anilines is 1. The highest BCUT2D eigenvalue weighted by atomic mass is 19.1. The summed E-state index contributed by atoms with van der Waals surface area (Å²) in [5.74, 6) is 0.740. The zero-order valence-corrected chi connectivity index (χ0v) is 20.0. The highest BCUT2D eigenvalue weighted by Gasteiger charge is 2.35. The maximum absolute atomic E-state index is 13.6. The number of hydrogen-bond acceptors (Lipinski definition) is 6. The Hall–Kier alpha value is -3.02. The predicted molar refractivity (Wildman–Crippen MR) is 127 cm³/mol. The number of piperazine rings is 1. The van der Waals surface area contributed by atoms with Crippen molar-refractivity contribution in [3.05, 3.63) is 46.9 Å². The molecule has 2 fully saturated rings. The molecule has 1 saturated carbocycles. The van der Waals surface area contributed by atoms with Gasteiger partial charge in [-0.1, -0.05) is 12.1 Å². The molecule has 1 atom stereocenters. The summed E-state index contributed by atoms with van der Waals surface area (Å²) in [4.78, 5) is 21.6. The van der Waals surface area contributed by atoms with E-state index < -0.39 is 0 Å². The lowest BCUT2D eigenvalue weighted by molar-refractivity contribution is -0.134. The van der Waals surface area contributed by atoms with Crippen LogP contribution in [0.1, 0.15) is 48.9 Å². The Morgan fingerprint density at radius 2 is 1.94 bits per heavy atom. The molecule has 0 bridgehead atoms. The first-order valence-corrected chi connectivity index (χ1v) is 11.7. The van der Waals surface area contributed by atoms with Crippen LogP contribution in [-0.4, -0.2) is 62.3 Å². The highest BCUT2D eigenvalue weighted by Crippen LogP contribution is 2.47. The fourth-order valence-electron chi connectivity index (χ4n) is 4.72. The zero-order chi connectivity index (χ0) is 24.2. The van der Waals surface area contributed by atoms with Crippen LogP contribution in [0.25, 0.3) is 11.1 Å². The molecule has 2 aliphatic rings. The number of carbonyl (C=O) groups is 1. The molecule has 1 aromatic carbocycles. The van der Waals surface area contributed by atoms with E-state index in [2.05, 4.69) is 11.0 Å². The molecule has 2 heterocycles. The van der Waals surface area contributed by atoms with Crippen LogP contribution in [0.4, 0.5) is 10.2 Å². The molecule has 1 amide bonds. The summed E-state index contributed by atoms with van der Waals surface area (Å²) in [6.07, 6.45) is 2.44. The van der Waals surface area contributed by atoms with Crippen molar-refractivity contribution < 1.29 is 18.7 Å². The molecule has 4 rings (SSSR count).